The number of anilines is 2. The van der Waals surface area contributed by atoms with Crippen LogP contribution in [0.1, 0.15) is 31.9 Å². The lowest BCUT2D eigenvalue weighted by Crippen LogP contribution is -2.26. The second kappa shape index (κ2) is 7.97. The highest BCUT2D eigenvalue weighted by atomic mass is 32.1. The first-order valence-electron chi connectivity index (χ1n) is 9.33. The normalized spacial score (nSPS) is 17.4. The Morgan fingerprint density at radius 1 is 1.31 bits per heavy atom. The third-order valence-electron chi connectivity index (χ3n) is 4.78. The molecule has 1 aliphatic rings. The molecule has 0 saturated carbocycles. The molecule has 3 aromatic heterocycles. The van der Waals surface area contributed by atoms with Crippen LogP contribution in [-0.2, 0) is 13.1 Å². The Morgan fingerprint density at radius 3 is 2.86 bits per heavy atom. The van der Waals surface area contributed by atoms with Gasteiger partial charge < -0.3 is 10.6 Å². The number of halogens is 3. The summed E-state index contributed by atoms with van der Waals surface area (Å²) in [4.78, 5) is 9.88. The van der Waals surface area contributed by atoms with E-state index >= 15 is 0 Å². The second-order valence-corrected chi connectivity index (χ2v) is 7.69. The number of nitrogens with one attached hydrogen (secondary N) is 2. The third-order valence-corrected chi connectivity index (χ3v) is 5.59. The summed E-state index contributed by atoms with van der Waals surface area (Å²) in [5.41, 5.74) is 0.328. The van der Waals surface area contributed by atoms with Gasteiger partial charge in [0, 0.05) is 18.2 Å². The topological polar surface area (TPSA) is 80.5 Å². The Hall–Kier alpha value is -2.69. The summed E-state index contributed by atoms with van der Waals surface area (Å²) in [7, 11) is 0. The number of hydrogen-bond donors (Lipinski definition) is 2. The Kier molecular flexibility index (Phi) is 5.39. The lowest BCUT2D eigenvalue weighted by atomic mass is 9.95. The molecular weight excluding hydrogens is 403 g/mol. The van der Waals surface area contributed by atoms with Crippen molar-refractivity contribution in [2.45, 2.75) is 51.5 Å². The van der Waals surface area contributed by atoms with Crippen LogP contribution in [0, 0.1) is 0 Å². The van der Waals surface area contributed by atoms with Gasteiger partial charge in [-0.15, -0.1) is 16.4 Å². The fourth-order valence-corrected chi connectivity index (χ4v) is 3.97. The molecule has 0 radical (unpaired) electrons. The zero-order valence-corrected chi connectivity index (χ0v) is 16.5. The first-order chi connectivity index (χ1) is 13.9. The molecule has 7 nitrogen and oxygen atoms in total. The van der Waals surface area contributed by atoms with E-state index in [2.05, 4.69) is 30.9 Å². The molecule has 2 N–H and O–H groups in total. The van der Waals surface area contributed by atoms with Gasteiger partial charge in [0.25, 0.3) is 0 Å². The molecule has 0 saturated heterocycles. The second-order valence-electron chi connectivity index (χ2n) is 6.80. The van der Waals surface area contributed by atoms with Crippen LogP contribution in [0.2, 0.25) is 0 Å². The van der Waals surface area contributed by atoms with Gasteiger partial charge in [-0.05, 0) is 37.6 Å². The van der Waals surface area contributed by atoms with Gasteiger partial charge in [0.1, 0.15) is 16.3 Å². The minimum atomic E-state index is -4.24. The number of aromatic nitrogens is 5. The molecule has 0 aliphatic heterocycles. The summed E-state index contributed by atoms with van der Waals surface area (Å²) >= 11 is 1.49. The van der Waals surface area contributed by atoms with E-state index in [1.54, 1.807) is 4.68 Å². The number of alkyl halides is 3. The van der Waals surface area contributed by atoms with Crippen molar-refractivity contribution in [2.24, 2.45) is 0 Å². The average molecular weight is 423 g/mol. The minimum absolute atomic E-state index is 0.0111. The van der Waals surface area contributed by atoms with Crippen molar-refractivity contribution in [3.8, 4) is 0 Å². The Morgan fingerprint density at radius 2 is 2.17 bits per heavy atom. The van der Waals surface area contributed by atoms with Crippen LogP contribution in [0.5, 0.6) is 0 Å². The Labute approximate surface area is 169 Å². The number of allylic oxidation sites excluding steroid dienone is 1. The van der Waals surface area contributed by atoms with E-state index in [9.17, 15) is 13.2 Å². The van der Waals surface area contributed by atoms with Crippen LogP contribution in [0.15, 0.2) is 29.3 Å². The van der Waals surface area contributed by atoms with Gasteiger partial charge >= 0.3 is 6.18 Å². The average Bonchev–Trinajstić information content (AvgIpc) is 3.35. The van der Waals surface area contributed by atoms with Gasteiger partial charge in [-0.25, -0.2) is 4.98 Å². The summed E-state index contributed by atoms with van der Waals surface area (Å²) in [6.07, 6.45) is -0.377. The first-order valence-corrected chi connectivity index (χ1v) is 10.2. The van der Waals surface area contributed by atoms with Crippen molar-refractivity contribution >= 4 is 33.3 Å². The maximum atomic E-state index is 12.8. The fourth-order valence-electron chi connectivity index (χ4n) is 3.20. The van der Waals surface area contributed by atoms with Gasteiger partial charge in [0.2, 0.25) is 5.95 Å². The van der Waals surface area contributed by atoms with Crippen LogP contribution in [0.4, 0.5) is 24.9 Å². The molecule has 4 rings (SSSR count). The van der Waals surface area contributed by atoms with Gasteiger partial charge in [-0.2, -0.15) is 18.2 Å². The van der Waals surface area contributed by atoms with Crippen LogP contribution in [0.25, 0.3) is 10.2 Å². The van der Waals surface area contributed by atoms with Crippen molar-refractivity contribution in [1.29, 1.82) is 0 Å². The number of fused-ring (bicyclic) bond motifs is 1. The smallest absolute Gasteiger partial charge is 0.366 e. The van der Waals surface area contributed by atoms with E-state index in [1.807, 2.05) is 24.6 Å². The summed E-state index contributed by atoms with van der Waals surface area (Å²) < 4.78 is 40.2. The van der Waals surface area contributed by atoms with Crippen LogP contribution in [-0.4, -0.2) is 37.2 Å². The molecular formula is C18H20F3N7S. The van der Waals surface area contributed by atoms with Gasteiger partial charge in [0.05, 0.1) is 18.1 Å². The van der Waals surface area contributed by atoms with Gasteiger partial charge in [-0.1, -0.05) is 11.3 Å². The lowest BCUT2D eigenvalue weighted by Gasteiger charge is -2.25. The summed E-state index contributed by atoms with van der Waals surface area (Å²) in [6, 6.07) is 1.81. The number of hydrogen-bond acceptors (Lipinski definition) is 7. The first kappa shape index (κ1) is 19.6. The number of aryl methyl sites for hydroxylation is 1. The maximum Gasteiger partial charge on any atom is 0.412 e. The highest BCUT2D eigenvalue weighted by Gasteiger charge is 2.35. The van der Waals surface area contributed by atoms with E-state index in [4.69, 9.17) is 0 Å². The van der Waals surface area contributed by atoms with Crippen molar-refractivity contribution < 1.29 is 13.2 Å². The lowest BCUT2D eigenvalue weighted by molar-refractivity contribution is -0.0951. The maximum absolute atomic E-state index is 12.8. The monoisotopic (exact) mass is 423 g/mol. The van der Waals surface area contributed by atoms with Gasteiger partial charge in [0.15, 0.2) is 0 Å². The minimum Gasteiger partial charge on any atom is -0.366 e. The standard InChI is InChI=1S/C18H20F3N7S/c1-2-28-10-13(26-27-28)9-22-17-24-15(14-7-8-29-16(14)25-17)23-12-5-3-11(4-6-12)18(19,20)21/h3,7-8,10,12H,2,4-6,9H2,1H3,(H2,22,23,24,25). The molecule has 1 atom stereocenters. The van der Waals surface area contributed by atoms with Crippen molar-refractivity contribution in [2.75, 3.05) is 10.6 Å². The van der Waals surface area contributed by atoms with E-state index in [0.717, 1.165) is 22.5 Å². The van der Waals surface area contributed by atoms with Gasteiger partial charge in [-0.3, -0.25) is 4.68 Å². The summed E-state index contributed by atoms with van der Waals surface area (Å²) in [5, 5.41) is 17.3. The van der Waals surface area contributed by atoms with E-state index in [0.29, 0.717) is 31.2 Å². The molecule has 11 heteroatoms. The number of rotatable bonds is 6. The molecule has 0 aromatic carbocycles. The zero-order valence-electron chi connectivity index (χ0n) is 15.7. The Bertz CT molecular complexity index is 1020. The summed E-state index contributed by atoms with van der Waals surface area (Å²) in [5.74, 6) is 1.07. The molecule has 1 aliphatic carbocycles. The largest absolute Gasteiger partial charge is 0.412 e. The molecule has 1 unspecified atom stereocenters. The predicted molar refractivity (Wildman–Crippen MR) is 106 cm³/mol. The molecule has 154 valence electrons. The predicted octanol–water partition coefficient (Wildman–Crippen LogP) is 4.37. The molecule has 3 heterocycles. The van der Waals surface area contributed by atoms with Crippen molar-refractivity contribution in [3.63, 3.8) is 0 Å². The third kappa shape index (κ3) is 4.50. The Balaban J connectivity index is 1.49. The fraction of sp³-hybridized carbons (Fsp3) is 0.444. The molecule has 0 spiro atoms. The highest BCUT2D eigenvalue weighted by molar-refractivity contribution is 7.16. The number of thiophene rings is 1. The van der Waals surface area contributed by atoms with Crippen molar-refractivity contribution in [3.05, 3.63) is 35.0 Å². The van der Waals surface area contributed by atoms with Crippen molar-refractivity contribution in [1.82, 2.24) is 25.0 Å². The zero-order chi connectivity index (χ0) is 20.4. The highest BCUT2D eigenvalue weighted by Crippen LogP contribution is 2.35. The van der Waals surface area contributed by atoms with Crippen LogP contribution < -0.4 is 10.6 Å². The number of nitrogens with zero attached hydrogens (tertiary/aromatic N) is 5. The van der Waals surface area contributed by atoms with E-state index in [1.165, 1.54) is 17.4 Å². The molecule has 0 bridgehead atoms. The molecule has 0 fully saturated rings. The van der Waals surface area contributed by atoms with E-state index < -0.39 is 11.7 Å². The van der Waals surface area contributed by atoms with Crippen LogP contribution in [0.3, 0.4) is 0 Å². The summed E-state index contributed by atoms with van der Waals surface area (Å²) in [6.45, 7) is 3.15. The van der Waals surface area contributed by atoms with E-state index in [-0.39, 0.29) is 12.5 Å². The molecule has 29 heavy (non-hydrogen) atoms. The molecule has 3 aromatic rings. The SMILES string of the molecule is CCn1cc(CNc2nc(NC3CC=C(C(F)(F)F)CC3)c3ccsc3n2)nn1. The quantitative estimate of drug-likeness (QED) is 0.573. The van der Waals surface area contributed by atoms with Crippen LogP contribution >= 0.6 is 11.3 Å². The molecule has 0 amide bonds.